The molecule has 0 unspecified atom stereocenters. The molecule has 0 radical (unpaired) electrons. The highest BCUT2D eigenvalue weighted by Gasteiger charge is 2.26. The van der Waals surface area contributed by atoms with Gasteiger partial charge in [0.25, 0.3) is 5.91 Å². The quantitative estimate of drug-likeness (QED) is 0.561. The van der Waals surface area contributed by atoms with E-state index in [4.69, 9.17) is 9.47 Å². The lowest BCUT2D eigenvalue weighted by Crippen LogP contribution is -2.42. The van der Waals surface area contributed by atoms with Crippen LogP contribution in [0.5, 0.6) is 11.5 Å². The average molecular weight is 349 g/mol. The molecule has 2 aromatic carbocycles. The summed E-state index contributed by atoms with van der Waals surface area (Å²) in [5.74, 6) is 0.863. The molecule has 26 heavy (non-hydrogen) atoms. The summed E-state index contributed by atoms with van der Waals surface area (Å²) in [5, 5.41) is 5.15. The molecule has 3 aromatic rings. The van der Waals surface area contributed by atoms with Gasteiger partial charge < -0.3 is 14.5 Å². The van der Waals surface area contributed by atoms with E-state index in [1.165, 1.54) is 5.56 Å². The number of nitrogens with zero attached hydrogens (tertiary/aromatic N) is 1. The number of amides is 1. The van der Waals surface area contributed by atoms with Gasteiger partial charge in [0.05, 0.1) is 6.21 Å². The van der Waals surface area contributed by atoms with E-state index in [2.05, 4.69) is 28.5 Å². The van der Waals surface area contributed by atoms with E-state index in [1.807, 2.05) is 36.5 Å². The molecule has 4 rings (SSSR count). The standard InChI is InChI=1S/C20H19N3O3/c1-2-13-6-5-7-15-14(10-21-19(13)15)11-22-23-20(24)18-12-25-16-8-3-4-9-17(16)26-18/h3-11,18,21H,2,12H2,1H3,(H,23,24)/b22-11+/t18-/m1/s1. The van der Waals surface area contributed by atoms with Gasteiger partial charge in [0.15, 0.2) is 11.5 Å². The maximum Gasteiger partial charge on any atom is 0.284 e. The Labute approximate surface area is 150 Å². The number of benzene rings is 2. The second-order valence-electron chi connectivity index (χ2n) is 6.04. The van der Waals surface area contributed by atoms with Crippen LogP contribution in [-0.2, 0) is 11.2 Å². The summed E-state index contributed by atoms with van der Waals surface area (Å²) in [4.78, 5) is 15.5. The van der Waals surface area contributed by atoms with E-state index in [9.17, 15) is 4.79 Å². The minimum atomic E-state index is -0.725. The fourth-order valence-corrected chi connectivity index (χ4v) is 3.03. The molecule has 0 fully saturated rings. The van der Waals surface area contributed by atoms with Gasteiger partial charge in [0.1, 0.15) is 6.61 Å². The van der Waals surface area contributed by atoms with Gasteiger partial charge in [-0.1, -0.05) is 37.3 Å². The number of aromatic amines is 1. The fraction of sp³-hybridized carbons (Fsp3) is 0.200. The number of ether oxygens (including phenoxy) is 2. The van der Waals surface area contributed by atoms with Crippen molar-refractivity contribution in [3.63, 3.8) is 0 Å². The van der Waals surface area contributed by atoms with Crippen molar-refractivity contribution >= 4 is 23.0 Å². The SMILES string of the molecule is CCc1cccc2c(/C=N/NC(=O)[C@H]3COc4ccccc4O3)c[nH]c12. The first kappa shape index (κ1) is 16.2. The summed E-state index contributed by atoms with van der Waals surface area (Å²) in [6.07, 6.45) is 3.74. The van der Waals surface area contributed by atoms with E-state index in [-0.39, 0.29) is 12.5 Å². The molecule has 1 amide bonds. The Morgan fingerprint density at radius 3 is 2.96 bits per heavy atom. The highest BCUT2D eigenvalue weighted by molar-refractivity contribution is 6.00. The predicted molar refractivity (Wildman–Crippen MR) is 99.8 cm³/mol. The van der Waals surface area contributed by atoms with Crippen LogP contribution in [0.1, 0.15) is 18.1 Å². The number of para-hydroxylation sites is 3. The summed E-state index contributed by atoms with van der Waals surface area (Å²) in [7, 11) is 0. The first-order valence-electron chi connectivity index (χ1n) is 8.56. The summed E-state index contributed by atoms with van der Waals surface area (Å²) < 4.78 is 11.2. The van der Waals surface area contributed by atoms with Crippen LogP contribution >= 0.6 is 0 Å². The van der Waals surface area contributed by atoms with E-state index < -0.39 is 6.10 Å². The van der Waals surface area contributed by atoms with Gasteiger partial charge in [-0.25, -0.2) is 5.43 Å². The van der Waals surface area contributed by atoms with Crippen LogP contribution in [0.2, 0.25) is 0 Å². The molecule has 0 bridgehead atoms. The fourth-order valence-electron chi connectivity index (χ4n) is 3.03. The Kier molecular flexibility index (Phi) is 4.31. The van der Waals surface area contributed by atoms with Crippen molar-refractivity contribution in [2.45, 2.75) is 19.4 Å². The van der Waals surface area contributed by atoms with Crippen molar-refractivity contribution in [3.8, 4) is 11.5 Å². The summed E-state index contributed by atoms with van der Waals surface area (Å²) >= 11 is 0. The summed E-state index contributed by atoms with van der Waals surface area (Å²) in [5.41, 5.74) is 5.79. The van der Waals surface area contributed by atoms with Gasteiger partial charge >= 0.3 is 0 Å². The van der Waals surface area contributed by atoms with Crippen molar-refractivity contribution in [2.24, 2.45) is 5.10 Å². The first-order chi connectivity index (χ1) is 12.8. The molecule has 6 heteroatoms. The lowest BCUT2D eigenvalue weighted by Gasteiger charge is -2.24. The molecule has 2 N–H and O–H groups in total. The van der Waals surface area contributed by atoms with Gasteiger partial charge in [-0.05, 0) is 24.1 Å². The van der Waals surface area contributed by atoms with Crippen LogP contribution in [0.15, 0.2) is 53.8 Å². The van der Waals surface area contributed by atoms with Crippen LogP contribution < -0.4 is 14.9 Å². The number of rotatable bonds is 4. The average Bonchev–Trinajstić information content (AvgIpc) is 3.10. The highest BCUT2D eigenvalue weighted by atomic mass is 16.6. The second-order valence-corrected chi connectivity index (χ2v) is 6.04. The molecule has 6 nitrogen and oxygen atoms in total. The van der Waals surface area contributed by atoms with Gasteiger partial charge in [-0.15, -0.1) is 0 Å². The molecule has 0 saturated carbocycles. The number of aromatic nitrogens is 1. The second kappa shape index (κ2) is 6.92. The Balaban J connectivity index is 1.44. The predicted octanol–water partition coefficient (Wildman–Crippen LogP) is 3.02. The van der Waals surface area contributed by atoms with Crippen molar-refractivity contribution in [1.82, 2.24) is 10.4 Å². The Morgan fingerprint density at radius 2 is 2.12 bits per heavy atom. The van der Waals surface area contributed by atoms with E-state index in [1.54, 1.807) is 12.3 Å². The number of aryl methyl sites for hydroxylation is 1. The number of H-pyrrole nitrogens is 1. The van der Waals surface area contributed by atoms with Crippen LogP contribution in [0.3, 0.4) is 0 Å². The minimum Gasteiger partial charge on any atom is -0.485 e. The minimum absolute atomic E-state index is 0.158. The molecular weight excluding hydrogens is 330 g/mol. The Hall–Kier alpha value is -3.28. The number of hydrogen-bond acceptors (Lipinski definition) is 4. The van der Waals surface area contributed by atoms with E-state index in [0.717, 1.165) is 22.9 Å². The maximum atomic E-state index is 12.3. The van der Waals surface area contributed by atoms with Crippen LogP contribution in [0.25, 0.3) is 10.9 Å². The number of hydrogen-bond donors (Lipinski definition) is 2. The number of carbonyl (C=O) groups excluding carboxylic acids is 1. The third-order valence-corrected chi connectivity index (χ3v) is 4.39. The highest BCUT2D eigenvalue weighted by Crippen LogP contribution is 2.30. The number of fused-ring (bicyclic) bond motifs is 2. The Morgan fingerprint density at radius 1 is 1.27 bits per heavy atom. The molecule has 0 saturated heterocycles. The molecular formula is C20H19N3O3. The Bertz CT molecular complexity index is 977. The normalized spacial score (nSPS) is 16.1. The monoisotopic (exact) mass is 349 g/mol. The summed E-state index contributed by atoms with van der Waals surface area (Å²) in [6.45, 7) is 2.28. The number of nitrogens with one attached hydrogen (secondary N) is 2. The van der Waals surface area contributed by atoms with Crippen molar-refractivity contribution in [3.05, 3.63) is 59.8 Å². The van der Waals surface area contributed by atoms with Crippen molar-refractivity contribution in [2.75, 3.05) is 6.61 Å². The zero-order valence-electron chi connectivity index (χ0n) is 14.4. The van der Waals surface area contributed by atoms with Gasteiger partial charge in [0.2, 0.25) is 6.10 Å². The molecule has 1 aliphatic rings. The molecule has 0 spiro atoms. The molecule has 0 aliphatic carbocycles. The van der Waals surface area contributed by atoms with Crippen LogP contribution in [0, 0.1) is 0 Å². The van der Waals surface area contributed by atoms with Crippen molar-refractivity contribution in [1.29, 1.82) is 0 Å². The van der Waals surface area contributed by atoms with Gasteiger partial charge in [0, 0.05) is 22.7 Å². The van der Waals surface area contributed by atoms with E-state index in [0.29, 0.717) is 11.5 Å². The third-order valence-electron chi connectivity index (χ3n) is 4.39. The van der Waals surface area contributed by atoms with Crippen LogP contribution in [-0.4, -0.2) is 29.8 Å². The maximum absolute atomic E-state index is 12.3. The topological polar surface area (TPSA) is 75.7 Å². The van der Waals surface area contributed by atoms with Crippen molar-refractivity contribution < 1.29 is 14.3 Å². The number of carbonyl (C=O) groups is 1. The number of hydrazone groups is 1. The molecule has 132 valence electrons. The van der Waals surface area contributed by atoms with Gasteiger partial charge in [-0.3, -0.25) is 4.79 Å². The largest absolute Gasteiger partial charge is 0.485 e. The summed E-state index contributed by atoms with van der Waals surface area (Å²) in [6, 6.07) is 13.4. The molecule has 1 aliphatic heterocycles. The zero-order chi connectivity index (χ0) is 17.9. The van der Waals surface area contributed by atoms with Crippen LogP contribution in [0.4, 0.5) is 0 Å². The third kappa shape index (κ3) is 3.01. The molecule has 1 aromatic heterocycles. The zero-order valence-corrected chi connectivity index (χ0v) is 14.4. The lowest BCUT2D eigenvalue weighted by atomic mass is 10.1. The molecule has 1 atom stereocenters. The lowest BCUT2D eigenvalue weighted by molar-refractivity contribution is -0.130. The molecule has 2 heterocycles. The van der Waals surface area contributed by atoms with E-state index >= 15 is 0 Å². The van der Waals surface area contributed by atoms with Gasteiger partial charge in [-0.2, -0.15) is 5.10 Å². The smallest absolute Gasteiger partial charge is 0.284 e. The first-order valence-corrected chi connectivity index (χ1v) is 8.56.